The van der Waals surface area contributed by atoms with Gasteiger partial charge in [-0.25, -0.2) is 0 Å². The van der Waals surface area contributed by atoms with Crippen LogP contribution in [0.2, 0.25) is 0 Å². The van der Waals surface area contributed by atoms with Crippen LogP contribution < -0.4 is 10.5 Å². The average Bonchev–Trinajstić information content (AvgIpc) is 2.74. The first-order chi connectivity index (χ1) is 8.13. The Morgan fingerprint density at radius 2 is 1.94 bits per heavy atom. The molecule has 1 unspecified atom stereocenters. The molecule has 1 aromatic carbocycles. The van der Waals surface area contributed by atoms with Crippen molar-refractivity contribution in [1.29, 1.82) is 0 Å². The second-order valence-corrected chi connectivity index (χ2v) is 4.17. The second-order valence-electron chi connectivity index (χ2n) is 4.17. The topological polar surface area (TPSA) is 48.4 Å². The third-order valence-electron chi connectivity index (χ3n) is 2.96. The molecule has 3 nitrogen and oxygen atoms in total. The lowest BCUT2D eigenvalue weighted by Gasteiger charge is -2.13. The summed E-state index contributed by atoms with van der Waals surface area (Å²) in [6, 6.07) is 7.63. The van der Waals surface area contributed by atoms with Crippen LogP contribution in [0.1, 0.15) is 28.5 Å². The summed E-state index contributed by atoms with van der Waals surface area (Å²) in [5.41, 5.74) is 9.37. The lowest BCUT2D eigenvalue weighted by Crippen LogP contribution is -2.12. The molecule has 2 rings (SSSR count). The van der Waals surface area contributed by atoms with Gasteiger partial charge in [-0.2, -0.15) is 0 Å². The number of nitrogens with two attached hydrogens (primary N) is 1. The Morgan fingerprint density at radius 1 is 1.18 bits per heavy atom. The highest BCUT2D eigenvalue weighted by Gasteiger charge is 2.15. The molecule has 0 fully saturated rings. The van der Waals surface area contributed by atoms with Crippen molar-refractivity contribution in [2.75, 3.05) is 7.11 Å². The summed E-state index contributed by atoms with van der Waals surface area (Å²) in [5.74, 6) is 1.69. The summed E-state index contributed by atoms with van der Waals surface area (Å²) >= 11 is 0. The van der Waals surface area contributed by atoms with Gasteiger partial charge in [-0.05, 0) is 42.7 Å². The molecule has 3 heteroatoms. The molecule has 0 aliphatic rings. The van der Waals surface area contributed by atoms with Crippen LogP contribution in [0.5, 0.6) is 5.75 Å². The van der Waals surface area contributed by atoms with Gasteiger partial charge in [0.15, 0.2) is 0 Å². The fourth-order valence-electron chi connectivity index (χ4n) is 1.95. The molecule has 0 amide bonds. The van der Waals surface area contributed by atoms with Crippen LogP contribution in [0, 0.1) is 13.8 Å². The van der Waals surface area contributed by atoms with E-state index in [-0.39, 0.29) is 6.04 Å². The van der Waals surface area contributed by atoms with Crippen molar-refractivity contribution >= 4 is 0 Å². The lowest BCUT2D eigenvalue weighted by atomic mass is 10.0. The molecule has 90 valence electrons. The maximum absolute atomic E-state index is 6.19. The molecule has 17 heavy (non-hydrogen) atoms. The third-order valence-corrected chi connectivity index (χ3v) is 2.96. The molecule has 0 saturated heterocycles. The maximum Gasteiger partial charge on any atom is 0.127 e. The third kappa shape index (κ3) is 2.19. The Bertz CT molecular complexity index is 517. The average molecular weight is 231 g/mol. The van der Waals surface area contributed by atoms with E-state index in [0.29, 0.717) is 0 Å². The Kier molecular flexibility index (Phi) is 3.20. The van der Waals surface area contributed by atoms with Crippen molar-refractivity contribution in [2.45, 2.75) is 19.9 Å². The van der Waals surface area contributed by atoms with Crippen LogP contribution in [0.4, 0.5) is 0 Å². The number of ether oxygens (including phenoxy) is 1. The highest BCUT2D eigenvalue weighted by atomic mass is 16.5. The number of furan rings is 1. The normalized spacial score (nSPS) is 12.5. The van der Waals surface area contributed by atoms with E-state index in [1.165, 1.54) is 0 Å². The van der Waals surface area contributed by atoms with Crippen LogP contribution in [0.3, 0.4) is 0 Å². The number of hydrogen-bond acceptors (Lipinski definition) is 3. The zero-order valence-corrected chi connectivity index (χ0v) is 10.4. The van der Waals surface area contributed by atoms with Gasteiger partial charge >= 0.3 is 0 Å². The summed E-state index contributed by atoms with van der Waals surface area (Å²) in [5, 5.41) is 0. The van der Waals surface area contributed by atoms with Gasteiger partial charge in [0.25, 0.3) is 0 Å². The predicted molar refractivity (Wildman–Crippen MR) is 67.2 cm³/mol. The molecule has 0 bridgehead atoms. The van der Waals surface area contributed by atoms with Gasteiger partial charge in [0.05, 0.1) is 19.4 Å². The van der Waals surface area contributed by atoms with Crippen LogP contribution in [-0.2, 0) is 0 Å². The van der Waals surface area contributed by atoms with Gasteiger partial charge in [-0.1, -0.05) is 12.1 Å². The molecular formula is C14H17NO2. The zero-order chi connectivity index (χ0) is 12.4. The fraction of sp³-hybridized carbons (Fsp3) is 0.286. The second kappa shape index (κ2) is 4.63. The smallest absolute Gasteiger partial charge is 0.127 e. The van der Waals surface area contributed by atoms with Gasteiger partial charge in [0.2, 0.25) is 0 Å². The maximum atomic E-state index is 6.19. The summed E-state index contributed by atoms with van der Waals surface area (Å²) in [6.07, 6.45) is 1.67. The molecule has 1 aromatic heterocycles. The first-order valence-corrected chi connectivity index (χ1v) is 5.57. The molecule has 2 aromatic rings. The molecule has 0 aliphatic heterocycles. The Hall–Kier alpha value is -1.74. The summed E-state index contributed by atoms with van der Waals surface area (Å²) < 4.78 is 10.7. The minimum atomic E-state index is -0.227. The van der Waals surface area contributed by atoms with Crippen molar-refractivity contribution in [3.8, 4) is 5.75 Å². The van der Waals surface area contributed by atoms with E-state index in [2.05, 4.69) is 0 Å². The predicted octanol–water partition coefficient (Wildman–Crippen LogP) is 2.95. The van der Waals surface area contributed by atoms with Crippen LogP contribution in [0.15, 0.2) is 34.9 Å². The van der Waals surface area contributed by atoms with Gasteiger partial charge < -0.3 is 14.9 Å². The van der Waals surface area contributed by atoms with Crippen molar-refractivity contribution in [3.05, 3.63) is 53.0 Å². The summed E-state index contributed by atoms with van der Waals surface area (Å²) in [7, 11) is 1.67. The molecule has 1 heterocycles. The van der Waals surface area contributed by atoms with Crippen LogP contribution in [0.25, 0.3) is 0 Å². The van der Waals surface area contributed by atoms with E-state index < -0.39 is 0 Å². The Morgan fingerprint density at radius 3 is 2.47 bits per heavy atom. The number of rotatable bonds is 3. The van der Waals surface area contributed by atoms with Crippen LogP contribution in [-0.4, -0.2) is 7.11 Å². The van der Waals surface area contributed by atoms with Crippen molar-refractivity contribution < 1.29 is 9.15 Å². The molecule has 1 atom stereocenters. The van der Waals surface area contributed by atoms with Gasteiger partial charge in [0, 0.05) is 0 Å². The Labute approximate surface area is 101 Å². The van der Waals surface area contributed by atoms with E-state index in [9.17, 15) is 0 Å². The fourth-order valence-corrected chi connectivity index (χ4v) is 1.95. The molecule has 0 spiro atoms. The Balaban J connectivity index is 2.35. The van der Waals surface area contributed by atoms with E-state index in [1.807, 2.05) is 38.1 Å². The molecule has 0 radical (unpaired) electrons. The largest absolute Gasteiger partial charge is 0.496 e. The minimum Gasteiger partial charge on any atom is -0.496 e. The SMILES string of the molecule is COc1ccc(C(N)c2occc2C)cc1C. The van der Waals surface area contributed by atoms with Crippen molar-refractivity contribution in [3.63, 3.8) is 0 Å². The summed E-state index contributed by atoms with van der Waals surface area (Å²) in [4.78, 5) is 0. The van der Waals surface area contributed by atoms with E-state index in [1.54, 1.807) is 13.4 Å². The summed E-state index contributed by atoms with van der Waals surface area (Å²) in [6.45, 7) is 4.00. The van der Waals surface area contributed by atoms with E-state index >= 15 is 0 Å². The van der Waals surface area contributed by atoms with E-state index in [0.717, 1.165) is 28.2 Å². The molecule has 0 aliphatic carbocycles. The van der Waals surface area contributed by atoms with E-state index in [4.69, 9.17) is 14.9 Å². The highest BCUT2D eigenvalue weighted by molar-refractivity contribution is 5.40. The lowest BCUT2D eigenvalue weighted by molar-refractivity contribution is 0.411. The van der Waals surface area contributed by atoms with Crippen LogP contribution >= 0.6 is 0 Å². The number of hydrogen-bond donors (Lipinski definition) is 1. The zero-order valence-electron chi connectivity index (χ0n) is 10.4. The van der Waals surface area contributed by atoms with Gasteiger partial charge in [-0.3, -0.25) is 0 Å². The standard InChI is InChI=1S/C14H17NO2/c1-9-6-7-17-14(9)13(15)11-4-5-12(16-3)10(2)8-11/h4-8,13H,15H2,1-3H3. The van der Waals surface area contributed by atoms with Crippen molar-refractivity contribution in [2.24, 2.45) is 5.73 Å². The first kappa shape index (κ1) is 11.7. The number of aryl methyl sites for hydroxylation is 2. The molecular weight excluding hydrogens is 214 g/mol. The van der Waals surface area contributed by atoms with Crippen molar-refractivity contribution in [1.82, 2.24) is 0 Å². The quantitative estimate of drug-likeness (QED) is 0.883. The first-order valence-electron chi connectivity index (χ1n) is 5.57. The number of methoxy groups -OCH3 is 1. The minimum absolute atomic E-state index is 0.227. The van der Waals surface area contributed by atoms with Gasteiger partial charge in [0.1, 0.15) is 11.5 Å². The number of benzene rings is 1. The highest BCUT2D eigenvalue weighted by Crippen LogP contribution is 2.27. The monoisotopic (exact) mass is 231 g/mol. The molecule has 0 saturated carbocycles. The molecule has 2 N–H and O–H groups in total. The van der Waals surface area contributed by atoms with Gasteiger partial charge in [-0.15, -0.1) is 0 Å².